The number of nitrogens with zero attached hydrogens (tertiary/aromatic N) is 2. The molecule has 2 heterocycles. The number of aliphatic hydroxyl groups excluding tert-OH is 1. The van der Waals surface area contributed by atoms with E-state index in [0.29, 0.717) is 17.8 Å². The van der Waals surface area contributed by atoms with Gasteiger partial charge >= 0.3 is 234 Å². The van der Waals surface area contributed by atoms with Crippen molar-refractivity contribution in [1.29, 1.82) is 0 Å². The van der Waals surface area contributed by atoms with E-state index in [4.69, 9.17) is 9.97 Å². The average molecular weight is 995 g/mol. The number of aliphatic hydroxyl groups is 1. The van der Waals surface area contributed by atoms with Crippen molar-refractivity contribution in [3.05, 3.63) is 60.1 Å². The summed E-state index contributed by atoms with van der Waals surface area (Å²) in [6, 6.07) is 19.0. The van der Waals surface area contributed by atoms with Crippen molar-refractivity contribution in [3.8, 4) is 11.3 Å². The van der Waals surface area contributed by atoms with Crippen LogP contribution in [0.5, 0.6) is 0 Å². The molecule has 0 saturated heterocycles. The Hall–Kier alpha value is -1.64. The van der Waals surface area contributed by atoms with Crippen LogP contribution >= 0.6 is 11.3 Å². The van der Waals surface area contributed by atoms with Gasteiger partial charge in [-0.2, -0.15) is 0 Å². The number of fused-ring (bicyclic) bond motifs is 2. The van der Waals surface area contributed by atoms with E-state index in [2.05, 4.69) is 102 Å². The normalized spacial score (nSPS) is 12.7. The summed E-state index contributed by atoms with van der Waals surface area (Å²) in [5, 5.41) is 12.3. The first kappa shape index (κ1) is 47.5. The van der Waals surface area contributed by atoms with Crippen molar-refractivity contribution >= 4 is 68.3 Å². The Morgan fingerprint density at radius 1 is 0.868 bits per heavy atom. The number of carbonyl (C=O) groups excluding carboxylic acids is 1. The Morgan fingerprint density at radius 2 is 1.40 bits per heavy atom. The van der Waals surface area contributed by atoms with Gasteiger partial charge in [0.15, 0.2) is 5.78 Å². The molecular weight excluding hydrogens is 925 g/mol. The summed E-state index contributed by atoms with van der Waals surface area (Å²) >= 11 is -0.105. The van der Waals surface area contributed by atoms with Gasteiger partial charge < -0.3 is 5.11 Å². The molecule has 4 aromatic rings. The van der Waals surface area contributed by atoms with E-state index in [0.717, 1.165) is 36.9 Å². The Morgan fingerprint density at radius 3 is 1.89 bits per heavy atom. The summed E-state index contributed by atoms with van der Waals surface area (Å²) in [7, 11) is -1.75. The number of rotatable bonds is 16. The molecule has 0 saturated carbocycles. The molecule has 4 rings (SSSR count). The molecule has 0 atom stereocenters. The number of hydrogen-bond donors (Lipinski definition) is 1. The van der Waals surface area contributed by atoms with Crippen molar-refractivity contribution in [2.75, 3.05) is 0 Å². The molecule has 1 N–H and O–H groups in total. The molecule has 0 amide bonds. The van der Waals surface area contributed by atoms with Gasteiger partial charge in [-0.25, -0.2) is 0 Å². The van der Waals surface area contributed by atoms with Gasteiger partial charge in [0.2, 0.25) is 0 Å². The van der Waals surface area contributed by atoms with Gasteiger partial charge in [-0.3, -0.25) is 4.79 Å². The van der Waals surface area contributed by atoms with Crippen LogP contribution in [0, 0.1) is 42.6 Å². The number of benzene rings is 2. The quantitative estimate of drug-likeness (QED) is 0.0526. The van der Waals surface area contributed by atoms with E-state index < -0.39 is 21.3 Å². The third-order valence-corrected chi connectivity index (χ3v) is 23.6. The maximum absolute atomic E-state index is 11.7. The molecular formula is C45H69GeIrN2O2SSi-. The smallest absolute Gasteiger partial charge is 0 e. The monoisotopic (exact) mass is 996 g/mol. The zero-order valence-electron chi connectivity index (χ0n) is 35.4. The van der Waals surface area contributed by atoms with Gasteiger partial charge in [0, 0.05) is 38.0 Å². The third-order valence-electron chi connectivity index (χ3n) is 10.5. The third kappa shape index (κ3) is 12.2. The van der Waals surface area contributed by atoms with Crippen LogP contribution in [0.4, 0.5) is 0 Å². The molecule has 53 heavy (non-hydrogen) atoms. The van der Waals surface area contributed by atoms with Gasteiger partial charge in [0.1, 0.15) is 0 Å². The van der Waals surface area contributed by atoms with Crippen LogP contribution in [0.3, 0.4) is 0 Å². The number of aromatic nitrogens is 2. The average Bonchev–Trinajstić information content (AvgIpc) is 3.41. The standard InChI is InChI=1S/C32H45GeN2SSi.C13H24O2.Ir/c1-21(2)17-37(18-22(3)4,19-23(5)6)32-24(7)29-31(36-32)30(35-20-34-29)26-15-25-13-11-12-14-27(25)28(16-26)33(8,9)10;1-5-10(6-2)12(14)9-13(15)11(7-3)8-4;/h11-14,16,20-23H,17-19H2,1-10H3;9-11,14H,5-8H2,1-4H3;/q-1;;/b;12-9-;. The molecule has 0 bridgehead atoms. The molecule has 0 spiro atoms. The molecule has 0 aliphatic carbocycles. The van der Waals surface area contributed by atoms with Crippen LogP contribution in [0.1, 0.15) is 100 Å². The minimum Gasteiger partial charge on any atom is 0 e. The molecule has 1 radical (unpaired) electrons. The molecule has 0 aliphatic heterocycles. The number of thiophene rings is 1. The Kier molecular flexibility index (Phi) is 18.9. The van der Waals surface area contributed by atoms with Crippen LogP contribution in [0.25, 0.3) is 32.2 Å². The SMILES string of the molecule is CCC(CC)C(=O)/C=C(\O)C(CC)CC.Cc1c([Si](CC(C)C)(CC(C)C)CC(C)C)sc2c(-c3[c-]c4ccccc4[c]([Ge]([CH3])([CH3])[CH3])c3)ncnc12.[Ir]. The Balaban J connectivity index is 0.000000516. The molecule has 0 fully saturated rings. The van der Waals surface area contributed by atoms with Crippen LogP contribution in [0.15, 0.2) is 48.5 Å². The van der Waals surface area contributed by atoms with Gasteiger partial charge in [-0.05, 0) is 25.7 Å². The first-order valence-corrected chi connectivity index (χ1v) is 30.9. The minimum atomic E-state index is -2.13. The molecule has 2 aromatic heterocycles. The summed E-state index contributed by atoms with van der Waals surface area (Å²) in [6.07, 6.45) is 6.70. The summed E-state index contributed by atoms with van der Waals surface area (Å²) in [6.45, 7) is 24.9. The number of allylic oxidation sites excluding steroid dienone is 2. The Bertz CT molecular complexity index is 1780. The van der Waals surface area contributed by atoms with Gasteiger partial charge in [-0.15, -0.1) is 0 Å². The van der Waals surface area contributed by atoms with Gasteiger partial charge in [-0.1, -0.05) is 27.7 Å². The second-order valence-electron chi connectivity index (χ2n) is 17.4. The molecule has 295 valence electrons. The van der Waals surface area contributed by atoms with E-state index >= 15 is 0 Å². The van der Waals surface area contributed by atoms with E-state index in [1.165, 1.54) is 55.2 Å². The Labute approximate surface area is 344 Å². The van der Waals surface area contributed by atoms with Crippen molar-refractivity contribution in [3.63, 3.8) is 0 Å². The van der Waals surface area contributed by atoms with E-state index in [9.17, 15) is 9.90 Å². The zero-order valence-corrected chi connectivity index (χ0v) is 41.7. The fourth-order valence-corrected chi connectivity index (χ4v) is 21.3. The summed E-state index contributed by atoms with van der Waals surface area (Å²) < 4.78 is 4.48. The second-order valence-corrected chi connectivity index (χ2v) is 33.7. The second kappa shape index (κ2) is 21.0. The predicted molar refractivity (Wildman–Crippen MR) is 235 cm³/mol. The first-order valence-electron chi connectivity index (χ1n) is 20.1. The van der Waals surface area contributed by atoms with E-state index in [1.807, 2.05) is 39.0 Å². The summed E-state index contributed by atoms with van der Waals surface area (Å²) in [5.41, 5.74) is 4.80. The van der Waals surface area contributed by atoms with Crippen LogP contribution in [0.2, 0.25) is 35.4 Å². The largest absolute Gasteiger partial charge is 0 e. The first-order chi connectivity index (χ1) is 24.4. The molecule has 0 aliphatic rings. The van der Waals surface area contributed by atoms with Crippen molar-refractivity contribution in [2.45, 2.75) is 137 Å². The van der Waals surface area contributed by atoms with Crippen molar-refractivity contribution in [2.24, 2.45) is 29.6 Å². The molecule has 8 heteroatoms. The molecule has 2 aromatic carbocycles. The molecule has 4 nitrogen and oxygen atoms in total. The minimum absolute atomic E-state index is 0. The topological polar surface area (TPSA) is 63.1 Å². The van der Waals surface area contributed by atoms with Crippen molar-refractivity contribution in [1.82, 2.24) is 9.97 Å². The van der Waals surface area contributed by atoms with E-state index in [1.54, 1.807) is 10.8 Å². The predicted octanol–water partition coefficient (Wildman–Crippen LogP) is 12.7. The van der Waals surface area contributed by atoms with Gasteiger partial charge in [0.25, 0.3) is 0 Å². The maximum Gasteiger partial charge on any atom is 0 e. The fourth-order valence-electron chi connectivity index (χ4n) is 8.35. The maximum atomic E-state index is 11.7. The zero-order chi connectivity index (χ0) is 39.0. The summed E-state index contributed by atoms with van der Waals surface area (Å²) in [5.74, 6) is 10.1. The number of hydrogen-bond acceptors (Lipinski definition) is 5. The number of aryl methyl sites for hydroxylation is 1. The molecule has 0 unspecified atom stereocenters. The summed E-state index contributed by atoms with van der Waals surface area (Å²) in [4.78, 5) is 21.5. The van der Waals surface area contributed by atoms with Crippen LogP contribution in [-0.4, -0.2) is 42.2 Å². The van der Waals surface area contributed by atoms with Gasteiger partial charge in [0.05, 0.1) is 5.76 Å². The number of ketones is 1. The number of carbonyl (C=O) groups is 1. The van der Waals surface area contributed by atoms with Crippen LogP contribution in [-0.2, 0) is 24.9 Å². The van der Waals surface area contributed by atoms with Crippen LogP contribution < -0.4 is 8.90 Å². The fraction of sp³-hybridized carbons (Fsp3) is 0.578. The van der Waals surface area contributed by atoms with Crippen molar-refractivity contribution < 1.29 is 30.0 Å². The van der Waals surface area contributed by atoms with E-state index in [-0.39, 0.29) is 43.5 Å².